The molecule has 166 valence electrons. The number of alkyl halides is 2. The Morgan fingerprint density at radius 3 is 2.50 bits per heavy atom. The zero-order chi connectivity index (χ0) is 23.1. The summed E-state index contributed by atoms with van der Waals surface area (Å²) in [6.45, 7) is 3.68. The standard InChI is InChI=1S/C24H20Cl2FNO4/c1-2-15-11-12-23(25)21(30)28(17-9-7-16(27)8-10-17)22(31)24(23,26)20(15)18-5-3-4-6-19(18)32-14-13-29/h2-11,20,29H,1,12-14H2. The van der Waals surface area contributed by atoms with E-state index in [-0.39, 0.29) is 25.3 Å². The van der Waals surface area contributed by atoms with Crippen LogP contribution in [0, 0.1) is 5.82 Å². The molecule has 3 atom stereocenters. The molecule has 2 aliphatic rings. The van der Waals surface area contributed by atoms with Crippen LogP contribution in [-0.2, 0) is 9.59 Å². The molecule has 2 aromatic rings. The number of nitrogens with zero attached hydrogens (tertiary/aromatic N) is 1. The van der Waals surface area contributed by atoms with Crippen molar-refractivity contribution >= 4 is 40.7 Å². The molecule has 0 radical (unpaired) electrons. The minimum atomic E-state index is -1.89. The summed E-state index contributed by atoms with van der Waals surface area (Å²) >= 11 is 14.0. The largest absolute Gasteiger partial charge is 0.491 e. The lowest BCUT2D eigenvalue weighted by Crippen LogP contribution is -2.55. The molecule has 1 saturated heterocycles. The number of allylic oxidation sites excluding steroid dienone is 3. The molecule has 0 bridgehead atoms. The van der Waals surface area contributed by atoms with E-state index in [9.17, 15) is 19.1 Å². The van der Waals surface area contributed by atoms with Gasteiger partial charge in [-0.25, -0.2) is 9.29 Å². The van der Waals surface area contributed by atoms with Crippen LogP contribution < -0.4 is 9.64 Å². The van der Waals surface area contributed by atoms with Crippen LogP contribution in [0.2, 0.25) is 0 Å². The average molecular weight is 476 g/mol. The first kappa shape index (κ1) is 22.5. The van der Waals surface area contributed by atoms with E-state index in [0.29, 0.717) is 16.9 Å². The zero-order valence-corrected chi connectivity index (χ0v) is 18.4. The van der Waals surface area contributed by atoms with E-state index < -0.39 is 33.3 Å². The molecule has 2 aromatic carbocycles. The number of carbonyl (C=O) groups is 2. The van der Waals surface area contributed by atoms with E-state index in [2.05, 4.69) is 6.58 Å². The Bertz CT molecular complexity index is 1120. The van der Waals surface area contributed by atoms with Crippen molar-refractivity contribution in [1.29, 1.82) is 0 Å². The number of carbonyl (C=O) groups excluding carboxylic acids is 2. The molecule has 5 nitrogen and oxygen atoms in total. The highest BCUT2D eigenvalue weighted by Crippen LogP contribution is 2.60. The molecule has 3 unspecified atom stereocenters. The van der Waals surface area contributed by atoms with Gasteiger partial charge in [0.05, 0.1) is 12.3 Å². The number of anilines is 1. The molecule has 0 spiro atoms. The van der Waals surface area contributed by atoms with E-state index >= 15 is 0 Å². The lowest BCUT2D eigenvalue weighted by molar-refractivity contribution is -0.122. The number of benzene rings is 2. The van der Waals surface area contributed by atoms with Crippen LogP contribution >= 0.6 is 23.2 Å². The number of amides is 2. The normalized spacial score (nSPS) is 27.2. The third-order valence-electron chi connectivity index (χ3n) is 5.88. The number of halogens is 3. The quantitative estimate of drug-likeness (QED) is 0.498. The van der Waals surface area contributed by atoms with E-state index in [1.807, 2.05) is 0 Å². The zero-order valence-electron chi connectivity index (χ0n) is 16.9. The van der Waals surface area contributed by atoms with Crippen molar-refractivity contribution in [3.05, 3.63) is 84.2 Å². The van der Waals surface area contributed by atoms with Crippen LogP contribution in [0.4, 0.5) is 10.1 Å². The van der Waals surface area contributed by atoms with E-state index in [1.165, 1.54) is 12.1 Å². The number of hydrogen-bond acceptors (Lipinski definition) is 4. The maximum atomic E-state index is 13.8. The van der Waals surface area contributed by atoms with Crippen LogP contribution in [0.25, 0.3) is 0 Å². The van der Waals surface area contributed by atoms with Gasteiger partial charge < -0.3 is 9.84 Å². The highest BCUT2D eigenvalue weighted by molar-refractivity contribution is 6.58. The van der Waals surface area contributed by atoms with Crippen LogP contribution in [-0.4, -0.2) is 39.9 Å². The molecule has 8 heteroatoms. The van der Waals surface area contributed by atoms with E-state index in [1.54, 1.807) is 36.4 Å². The molecule has 32 heavy (non-hydrogen) atoms. The van der Waals surface area contributed by atoms with Crippen LogP contribution in [0.1, 0.15) is 17.9 Å². The molecule has 1 N–H and O–H groups in total. The summed E-state index contributed by atoms with van der Waals surface area (Å²) < 4.78 is 19.1. The Morgan fingerprint density at radius 1 is 1.16 bits per heavy atom. The van der Waals surface area contributed by atoms with Gasteiger partial charge in [-0.3, -0.25) is 9.59 Å². The minimum Gasteiger partial charge on any atom is -0.491 e. The fourth-order valence-corrected chi connectivity index (χ4v) is 5.21. The Balaban J connectivity index is 1.90. The van der Waals surface area contributed by atoms with Crippen molar-refractivity contribution in [3.8, 4) is 5.75 Å². The highest BCUT2D eigenvalue weighted by Gasteiger charge is 2.73. The van der Waals surface area contributed by atoms with E-state index in [0.717, 1.165) is 17.0 Å². The molecular formula is C24H20Cl2FNO4. The number of imide groups is 1. The molecule has 2 amide bonds. The minimum absolute atomic E-state index is 0.0117. The summed E-state index contributed by atoms with van der Waals surface area (Å²) in [6, 6.07) is 11.9. The van der Waals surface area contributed by atoms with Crippen molar-refractivity contribution in [2.24, 2.45) is 0 Å². The number of hydrogen-bond donors (Lipinski definition) is 1. The Labute approximate surface area is 194 Å². The maximum absolute atomic E-state index is 13.8. The Hall–Kier alpha value is -2.67. The van der Waals surface area contributed by atoms with Gasteiger partial charge in [0, 0.05) is 11.5 Å². The summed E-state index contributed by atoms with van der Waals surface area (Å²) in [6.07, 6.45) is 3.33. The van der Waals surface area contributed by atoms with Gasteiger partial charge in [-0.05, 0) is 42.3 Å². The number of para-hydroxylation sites is 1. The number of fused-ring (bicyclic) bond motifs is 1. The van der Waals surface area contributed by atoms with Gasteiger partial charge in [-0.2, -0.15) is 0 Å². The first-order valence-electron chi connectivity index (χ1n) is 9.97. The molecule has 1 aliphatic heterocycles. The smallest absolute Gasteiger partial charge is 0.258 e. The van der Waals surface area contributed by atoms with Crippen LogP contribution in [0.5, 0.6) is 5.75 Å². The molecule has 1 heterocycles. The number of aliphatic hydroxyl groups excluding tert-OH is 1. The maximum Gasteiger partial charge on any atom is 0.258 e. The summed E-state index contributed by atoms with van der Waals surface area (Å²) in [5.41, 5.74) is 1.34. The van der Waals surface area contributed by atoms with Crippen molar-refractivity contribution in [1.82, 2.24) is 0 Å². The van der Waals surface area contributed by atoms with Gasteiger partial charge in [-0.15, -0.1) is 23.2 Å². The molecule has 4 rings (SSSR count). The van der Waals surface area contributed by atoms with Gasteiger partial charge in [0.1, 0.15) is 18.2 Å². The number of ether oxygens (including phenoxy) is 1. The highest BCUT2D eigenvalue weighted by atomic mass is 35.5. The number of aliphatic hydroxyl groups is 1. The second kappa shape index (κ2) is 8.35. The first-order valence-corrected chi connectivity index (χ1v) is 10.7. The van der Waals surface area contributed by atoms with Gasteiger partial charge >= 0.3 is 0 Å². The van der Waals surface area contributed by atoms with Crippen molar-refractivity contribution in [2.45, 2.75) is 22.1 Å². The van der Waals surface area contributed by atoms with Crippen molar-refractivity contribution in [2.75, 3.05) is 18.1 Å². The van der Waals surface area contributed by atoms with Gasteiger partial charge in [0.25, 0.3) is 11.8 Å². The monoisotopic (exact) mass is 475 g/mol. The lowest BCUT2D eigenvalue weighted by Gasteiger charge is -2.42. The van der Waals surface area contributed by atoms with Crippen LogP contribution in [0.15, 0.2) is 72.8 Å². The average Bonchev–Trinajstić information content (AvgIpc) is 2.95. The first-order chi connectivity index (χ1) is 15.3. The third-order valence-corrected chi connectivity index (χ3v) is 7.30. The second-order valence-electron chi connectivity index (χ2n) is 7.59. The van der Waals surface area contributed by atoms with Crippen molar-refractivity contribution < 1.29 is 23.8 Å². The topological polar surface area (TPSA) is 66.8 Å². The lowest BCUT2D eigenvalue weighted by atomic mass is 9.68. The molecule has 1 aliphatic carbocycles. The van der Waals surface area contributed by atoms with Gasteiger partial charge in [0.15, 0.2) is 9.75 Å². The number of rotatable bonds is 6. The Kier molecular flexibility index (Phi) is 5.88. The van der Waals surface area contributed by atoms with Gasteiger partial charge in [-0.1, -0.05) is 36.9 Å². The fraction of sp³-hybridized carbons (Fsp3) is 0.250. The molecule has 0 saturated carbocycles. The predicted octanol–water partition coefficient (Wildman–Crippen LogP) is 4.33. The summed E-state index contributed by atoms with van der Waals surface area (Å²) in [4.78, 5) is 24.5. The van der Waals surface area contributed by atoms with Crippen molar-refractivity contribution in [3.63, 3.8) is 0 Å². The summed E-state index contributed by atoms with van der Waals surface area (Å²) in [5, 5.41) is 9.19. The van der Waals surface area contributed by atoms with Gasteiger partial charge in [0.2, 0.25) is 0 Å². The molecule has 0 aromatic heterocycles. The fourth-order valence-electron chi connectivity index (χ4n) is 4.38. The SMILES string of the molecule is C=CC1=CCC2(Cl)C(=O)N(c3ccc(F)cc3)C(=O)C2(Cl)C1c1ccccc1OCCO. The predicted molar refractivity (Wildman–Crippen MR) is 121 cm³/mol. The van der Waals surface area contributed by atoms with Crippen LogP contribution in [0.3, 0.4) is 0 Å². The second-order valence-corrected chi connectivity index (χ2v) is 8.83. The Morgan fingerprint density at radius 2 is 1.84 bits per heavy atom. The van der Waals surface area contributed by atoms with E-state index in [4.69, 9.17) is 27.9 Å². The molecular weight excluding hydrogens is 456 g/mol. The summed E-state index contributed by atoms with van der Waals surface area (Å²) in [7, 11) is 0. The third kappa shape index (κ3) is 3.17. The summed E-state index contributed by atoms with van der Waals surface area (Å²) in [5.74, 6) is -2.34. The molecule has 1 fully saturated rings.